The van der Waals surface area contributed by atoms with Crippen LogP contribution in [-0.2, 0) is 17.8 Å². The highest BCUT2D eigenvalue weighted by molar-refractivity contribution is 14.1. The molecule has 0 bridgehead atoms. The van der Waals surface area contributed by atoms with Crippen molar-refractivity contribution in [3.05, 3.63) is 26.8 Å². The van der Waals surface area contributed by atoms with Gasteiger partial charge in [0.1, 0.15) is 5.60 Å². The molecule has 6 nitrogen and oxygen atoms in total. The second-order valence-electron chi connectivity index (χ2n) is 7.62. The van der Waals surface area contributed by atoms with Gasteiger partial charge in [-0.15, -0.1) is 0 Å². The van der Waals surface area contributed by atoms with Crippen LogP contribution in [0.25, 0.3) is 0 Å². The fraction of sp³-hybridized carbons (Fsp3) is 0.556. The Bertz CT molecular complexity index is 714. The number of carbonyl (C=O) groups is 2. The summed E-state index contributed by atoms with van der Waals surface area (Å²) in [6, 6.07) is 4.17. The summed E-state index contributed by atoms with van der Waals surface area (Å²) in [7, 11) is 1.83. The fourth-order valence-corrected chi connectivity index (χ4v) is 3.98. The van der Waals surface area contributed by atoms with E-state index in [1.165, 1.54) is 0 Å². The molecule has 7 heteroatoms. The first-order valence-corrected chi connectivity index (χ1v) is 9.55. The second kappa shape index (κ2) is 6.66. The molecular weight excluding hydrogens is 433 g/mol. The number of hydrogen-bond acceptors (Lipinski definition) is 3. The van der Waals surface area contributed by atoms with Crippen molar-refractivity contribution in [2.45, 2.75) is 45.9 Å². The standard InChI is InChI=1S/C18H24IN3O3/c1-18(2,3)25-17(24)21-10-12-8-14(19)15(9-13(12)11-21)22-7-5-6-20(4)16(22)23/h8-9H,5-7,10-11H2,1-4H3. The van der Waals surface area contributed by atoms with E-state index < -0.39 is 5.60 Å². The first-order chi connectivity index (χ1) is 11.7. The summed E-state index contributed by atoms with van der Waals surface area (Å²) < 4.78 is 6.51. The molecule has 1 aromatic rings. The monoisotopic (exact) mass is 457 g/mol. The van der Waals surface area contributed by atoms with Gasteiger partial charge in [-0.25, -0.2) is 9.59 Å². The summed E-state index contributed by atoms with van der Waals surface area (Å²) in [5.41, 5.74) is 2.64. The Morgan fingerprint density at radius 3 is 2.44 bits per heavy atom. The fourth-order valence-electron chi connectivity index (χ4n) is 3.16. The molecule has 0 radical (unpaired) electrons. The number of urea groups is 1. The van der Waals surface area contributed by atoms with E-state index in [1.807, 2.05) is 32.7 Å². The molecule has 0 saturated carbocycles. The number of hydrogen-bond donors (Lipinski definition) is 0. The molecule has 1 saturated heterocycles. The number of amides is 3. The van der Waals surface area contributed by atoms with Gasteiger partial charge in [-0.05, 0) is 73.0 Å². The predicted molar refractivity (Wildman–Crippen MR) is 105 cm³/mol. The molecule has 25 heavy (non-hydrogen) atoms. The molecule has 0 N–H and O–H groups in total. The van der Waals surface area contributed by atoms with Gasteiger partial charge in [0.05, 0.1) is 5.69 Å². The van der Waals surface area contributed by atoms with Crippen LogP contribution in [0.4, 0.5) is 15.3 Å². The first-order valence-electron chi connectivity index (χ1n) is 8.47. The lowest BCUT2D eigenvalue weighted by Gasteiger charge is -2.34. The molecule has 3 rings (SSSR count). The van der Waals surface area contributed by atoms with E-state index >= 15 is 0 Å². The molecule has 1 aromatic carbocycles. The van der Waals surface area contributed by atoms with Crippen LogP contribution in [0, 0.1) is 3.57 Å². The Hall–Kier alpha value is -1.51. The number of carbonyl (C=O) groups excluding carboxylic acids is 2. The molecule has 1 fully saturated rings. The van der Waals surface area contributed by atoms with Crippen molar-refractivity contribution in [2.75, 3.05) is 25.0 Å². The smallest absolute Gasteiger partial charge is 0.410 e. The minimum Gasteiger partial charge on any atom is -0.444 e. The van der Waals surface area contributed by atoms with Crippen LogP contribution in [0.2, 0.25) is 0 Å². The minimum absolute atomic E-state index is 0.0334. The van der Waals surface area contributed by atoms with E-state index in [4.69, 9.17) is 4.74 Å². The van der Waals surface area contributed by atoms with Crippen LogP contribution in [0.15, 0.2) is 12.1 Å². The van der Waals surface area contributed by atoms with Gasteiger partial charge in [-0.2, -0.15) is 0 Å². The first kappa shape index (κ1) is 18.3. The Morgan fingerprint density at radius 2 is 1.80 bits per heavy atom. The molecule has 0 aromatic heterocycles. The number of nitrogens with zero attached hydrogens (tertiary/aromatic N) is 3. The number of halogens is 1. The third-order valence-electron chi connectivity index (χ3n) is 4.37. The zero-order chi connectivity index (χ0) is 18.4. The van der Waals surface area contributed by atoms with Gasteiger partial charge in [0, 0.05) is 36.8 Å². The Kier molecular flexibility index (Phi) is 4.87. The number of rotatable bonds is 1. The lowest BCUT2D eigenvalue weighted by atomic mass is 10.1. The van der Waals surface area contributed by atoms with Crippen molar-refractivity contribution in [1.29, 1.82) is 0 Å². The van der Waals surface area contributed by atoms with Crippen LogP contribution < -0.4 is 4.90 Å². The van der Waals surface area contributed by atoms with Crippen molar-refractivity contribution in [2.24, 2.45) is 0 Å². The van der Waals surface area contributed by atoms with Crippen molar-refractivity contribution >= 4 is 40.4 Å². The van der Waals surface area contributed by atoms with E-state index in [9.17, 15) is 9.59 Å². The molecule has 0 spiro atoms. The van der Waals surface area contributed by atoms with Gasteiger partial charge >= 0.3 is 12.1 Å². The summed E-state index contributed by atoms with van der Waals surface area (Å²) in [5.74, 6) is 0. The number of ether oxygens (including phenoxy) is 1. The van der Waals surface area contributed by atoms with Gasteiger partial charge in [0.15, 0.2) is 0 Å². The molecule has 2 aliphatic heterocycles. The van der Waals surface area contributed by atoms with Gasteiger partial charge in [-0.3, -0.25) is 9.80 Å². The highest BCUT2D eigenvalue weighted by Gasteiger charge is 2.31. The molecule has 136 valence electrons. The van der Waals surface area contributed by atoms with Crippen molar-refractivity contribution < 1.29 is 14.3 Å². The zero-order valence-electron chi connectivity index (χ0n) is 15.1. The van der Waals surface area contributed by atoms with E-state index in [0.29, 0.717) is 13.1 Å². The quantitative estimate of drug-likeness (QED) is 0.603. The largest absolute Gasteiger partial charge is 0.444 e. The third-order valence-corrected chi connectivity index (χ3v) is 5.23. The van der Waals surface area contributed by atoms with Gasteiger partial charge in [0.2, 0.25) is 0 Å². The topological polar surface area (TPSA) is 53.1 Å². The molecular formula is C18H24IN3O3. The SMILES string of the molecule is CN1CCCN(c2cc3c(cc2I)CN(C(=O)OC(C)(C)C)C3)C1=O. The zero-order valence-corrected chi connectivity index (χ0v) is 17.3. The van der Waals surface area contributed by atoms with Crippen LogP contribution in [0.1, 0.15) is 38.3 Å². The van der Waals surface area contributed by atoms with E-state index in [2.05, 4.69) is 34.7 Å². The third kappa shape index (κ3) is 3.86. The Morgan fingerprint density at radius 1 is 1.16 bits per heavy atom. The molecule has 2 aliphatic rings. The highest BCUT2D eigenvalue weighted by atomic mass is 127. The molecule has 3 amide bonds. The molecule has 0 aliphatic carbocycles. The molecule has 0 atom stereocenters. The Balaban J connectivity index is 1.81. The summed E-state index contributed by atoms with van der Waals surface area (Å²) >= 11 is 2.27. The van der Waals surface area contributed by atoms with Crippen molar-refractivity contribution in [1.82, 2.24) is 9.80 Å². The summed E-state index contributed by atoms with van der Waals surface area (Å²) in [6.07, 6.45) is 0.661. The van der Waals surface area contributed by atoms with Crippen LogP contribution in [0.3, 0.4) is 0 Å². The predicted octanol–water partition coefficient (Wildman–Crippen LogP) is 3.80. The average Bonchev–Trinajstić information content (AvgIpc) is 2.91. The van der Waals surface area contributed by atoms with Crippen LogP contribution in [-0.4, -0.2) is 47.7 Å². The maximum Gasteiger partial charge on any atom is 0.410 e. The minimum atomic E-state index is -0.504. The summed E-state index contributed by atoms with van der Waals surface area (Å²) in [6.45, 7) is 8.20. The van der Waals surface area contributed by atoms with Crippen molar-refractivity contribution in [3.63, 3.8) is 0 Å². The molecule has 0 unspecified atom stereocenters. The lowest BCUT2D eigenvalue weighted by Crippen LogP contribution is -2.47. The normalized spacial score (nSPS) is 17.8. The lowest BCUT2D eigenvalue weighted by molar-refractivity contribution is 0.0242. The van der Waals surface area contributed by atoms with Crippen LogP contribution in [0.5, 0.6) is 0 Å². The van der Waals surface area contributed by atoms with Gasteiger partial charge in [-0.1, -0.05) is 0 Å². The second-order valence-corrected chi connectivity index (χ2v) is 8.78. The molecule has 2 heterocycles. The number of benzene rings is 1. The van der Waals surface area contributed by atoms with Gasteiger partial charge < -0.3 is 9.64 Å². The summed E-state index contributed by atoms with van der Waals surface area (Å²) in [4.78, 5) is 30.1. The van der Waals surface area contributed by atoms with Crippen LogP contribution >= 0.6 is 22.6 Å². The Labute approximate surface area is 162 Å². The van der Waals surface area contributed by atoms with E-state index in [1.54, 1.807) is 9.80 Å². The average molecular weight is 457 g/mol. The maximum absolute atomic E-state index is 12.5. The van der Waals surface area contributed by atoms with Gasteiger partial charge in [0.25, 0.3) is 0 Å². The maximum atomic E-state index is 12.5. The van der Waals surface area contributed by atoms with E-state index in [-0.39, 0.29) is 12.1 Å². The number of fused-ring (bicyclic) bond motifs is 1. The highest BCUT2D eigenvalue weighted by Crippen LogP contribution is 2.33. The van der Waals surface area contributed by atoms with E-state index in [0.717, 1.165) is 39.9 Å². The van der Waals surface area contributed by atoms with Crippen molar-refractivity contribution in [3.8, 4) is 0 Å². The summed E-state index contributed by atoms with van der Waals surface area (Å²) in [5, 5.41) is 0. The number of anilines is 1.